The molecule has 19 heavy (non-hydrogen) atoms. The second kappa shape index (κ2) is 5.88. The first-order chi connectivity index (χ1) is 9.16. The number of azo groups is 1. The van der Waals surface area contributed by atoms with E-state index >= 15 is 0 Å². The molecule has 0 saturated carbocycles. The van der Waals surface area contributed by atoms with Crippen molar-refractivity contribution in [1.82, 2.24) is 0 Å². The second-order valence-corrected chi connectivity index (χ2v) is 3.88. The second-order valence-electron chi connectivity index (χ2n) is 3.88. The van der Waals surface area contributed by atoms with E-state index in [2.05, 4.69) is 10.2 Å². The maximum Gasteiger partial charge on any atom is 0.247 e. The SMILES string of the molecule is CC(=O)N(O)c1ccc(N=Nc2ccccc2)cc1. The van der Waals surface area contributed by atoms with E-state index in [-0.39, 0.29) is 0 Å². The highest BCUT2D eigenvalue weighted by Crippen LogP contribution is 2.21. The van der Waals surface area contributed by atoms with Crippen molar-refractivity contribution in [3.8, 4) is 0 Å². The van der Waals surface area contributed by atoms with Crippen LogP contribution in [0, 0.1) is 0 Å². The average molecular weight is 255 g/mol. The molecule has 0 atom stereocenters. The van der Waals surface area contributed by atoms with Crippen LogP contribution in [0.15, 0.2) is 64.8 Å². The summed E-state index contributed by atoms with van der Waals surface area (Å²) in [6, 6.07) is 15.9. The van der Waals surface area contributed by atoms with E-state index in [1.54, 1.807) is 24.3 Å². The molecule has 0 radical (unpaired) electrons. The van der Waals surface area contributed by atoms with E-state index in [1.807, 2.05) is 30.3 Å². The van der Waals surface area contributed by atoms with Crippen molar-refractivity contribution < 1.29 is 10.0 Å². The number of hydrogen-bond donors (Lipinski definition) is 1. The summed E-state index contributed by atoms with van der Waals surface area (Å²) in [5, 5.41) is 18.1. The zero-order valence-corrected chi connectivity index (χ0v) is 10.4. The minimum atomic E-state index is -0.446. The summed E-state index contributed by atoms with van der Waals surface area (Å²) >= 11 is 0. The summed E-state index contributed by atoms with van der Waals surface area (Å²) in [5.41, 5.74) is 1.80. The van der Waals surface area contributed by atoms with Crippen LogP contribution < -0.4 is 5.06 Å². The zero-order valence-electron chi connectivity index (χ0n) is 10.4. The fourth-order valence-corrected chi connectivity index (χ4v) is 1.45. The minimum absolute atomic E-state index is 0.395. The maximum atomic E-state index is 11.0. The Balaban J connectivity index is 2.11. The maximum absolute atomic E-state index is 11.0. The number of benzene rings is 2. The molecule has 5 nitrogen and oxygen atoms in total. The third-order valence-electron chi connectivity index (χ3n) is 2.43. The van der Waals surface area contributed by atoms with Crippen molar-refractivity contribution in [2.75, 3.05) is 5.06 Å². The number of hydrogen-bond acceptors (Lipinski definition) is 4. The number of hydroxylamine groups is 1. The number of carbonyl (C=O) groups is 1. The van der Waals surface area contributed by atoms with Crippen molar-refractivity contribution in [3.05, 3.63) is 54.6 Å². The van der Waals surface area contributed by atoms with Gasteiger partial charge in [0.2, 0.25) is 5.91 Å². The molecule has 0 heterocycles. The molecular weight excluding hydrogens is 242 g/mol. The Hall–Kier alpha value is -2.53. The Bertz CT molecular complexity index is 579. The van der Waals surface area contributed by atoms with Gasteiger partial charge >= 0.3 is 0 Å². The predicted molar refractivity (Wildman–Crippen MR) is 72.0 cm³/mol. The molecule has 0 aliphatic heterocycles. The largest absolute Gasteiger partial charge is 0.281 e. The minimum Gasteiger partial charge on any atom is -0.281 e. The molecular formula is C14H13N3O2. The van der Waals surface area contributed by atoms with Crippen molar-refractivity contribution >= 4 is 23.0 Å². The molecule has 0 aliphatic rings. The fraction of sp³-hybridized carbons (Fsp3) is 0.0714. The molecule has 0 saturated heterocycles. The van der Waals surface area contributed by atoms with Crippen LogP contribution in [0.1, 0.15) is 6.92 Å². The van der Waals surface area contributed by atoms with Crippen molar-refractivity contribution in [2.24, 2.45) is 10.2 Å². The van der Waals surface area contributed by atoms with Gasteiger partial charge in [0.05, 0.1) is 17.1 Å². The molecule has 2 rings (SSSR count). The molecule has 2 aromatic carbocycles. The Morgan fingerprint density at radius 2 is 1.47 bits per heavy atom. The first kappa shape index (κ1) is 12.9. The van der Waals surface area contributed by atoms with Crippen molar-refractivity contribution in [1.29, 1.82) is 0 Å². The van der Waals surface area contributed by atoms with Gasteiger partial charge in [-0.25, -0.2) is 0 Å². The lowest BCUT2D eigenvalue weighted by atomic mass is 10.3. The van der Waals surface area contributed by atoms with Crippen LogP contribution in [-0.4, -0.2) is 11.1 Å². The lowest BCUT2D eigenvalue weighted by molar-refractivity contribution is -0.121. The predicted octanol–water partition coefficient (Wildman–Crippen LogP) is 3.84. The van der Waals surface area contributed by atoms with Gasteiger partial charge < -0.3 is 0 Å². The van der Waals surface area contributed by atoms with E-state index in [0.29, 0.717) is 16.4 Å². The molecule has 0 fully saturated rings. The van der Waals surface area contributed by atoms with Crippen LogP contribution in [0.2, 0.25) is 0 Å². The van der Waals surface area contributed by atoms with Crippen LogP contribution in [-0.2, 0) is 4.79 Å². The highest BCUT2D eigenvalue weighted by molar-refractivity contribution is 5.89. The summed E-state index contributed by atoms with van der Waals surface area (Å²) in [5.74, 6) is -0.446. The first-order valence-electron chi connectivity index (χ1n) is 5.73. The van der Waals surface area contributed by atoms with Crippen LogP contribution in [0.4, 0.5) is 17.1 Å². The molecule has 1 amide bonds. The topological polar surface area (TPSA) is 65.3 Å². The standard InChI is InChI=1S/C14H13N3O2/c1-11(18)17(19)14-9-7-13(8-10-14)16-15-12-5-3-2-4-6-12/h2-10,19H,1H3. The van der Waals surface area contributed by atoms with Gasteiger partial charge in [0.15, 0.2) is 0 Å². The summed E-state index contributed by atoms with van der Waals surface area (Å²) in [4.78, 5) is 11.0. The zero-order chi connectivity index (χ0) is 13.7. The molecule has 1 N–H and O–H groups in total. The van der Waals surface area contributed by atoms with E-state index in [4.69, 9.17) is 0 Å². The van der Waals surface area contributed by atoms with Gasteiger partial charge in [-0.2, -0.15) is 15.3 Å². The highest BCUT2D eigenvalue weighted by atomic mass is 16.5. The van der Waals surface area contributed by atoms with Crippen molar-refractivity contribution in [3.63, 3.8) is 0 Å². The lowest BCUT2D eigenvalue weighted by Gasteiger charge is -2.11. The normalized spacial score (nSPS) is 10.6. The first-order valence-corrected chi connectivity index (χ1v) is 5.73. The van der Waals surface area contributed by atoms with Crippen LogP contribution >= 0.6 is 0 Å². The Labute approximate surface area is 110 Å². The van der Waals surface area contributed by atoms with Gasteiger partial charge in [-0.1, -0.05) is 18.2 Å². The fourth-order valence-electron chi connectivity index (χ4n) is 1.45. The van der Waals surface area contributed by atoms with Crippen molar-refractivity contribution in [2.45, 2.75) is 6.92 Å². The summed E-state index contributed by atoms with van der Waals surface area (Å²) in [6.07, 6.45) is 0. The number of anilines is 1. The lowest BCUT2D eigenvalue weighted by Crippen LogP contribution is -2.23. The monoisotopic (exact) mass is 255 g/mol. The van der Waals surface area contributed by atoms with Gasteiger partial charge in [0, 0.05) is 6.92 Å². The van der Waals surface area contributed by atoms with Gasteiger partial charge in [0.1, 0.15) is 0 Å². The van der Waals surface area contributed by atoms with Crippen LogP contribution in [0.25, 0.3) is 0 Å². The Morgan fingerprint density at radius 3 is 2.00 bits per heavy atom. The Morgan fingerprint density at radius 1 is 0.947 bits per heavy atom. The molecule has 0 bridgehead atoms. The summed E-state index contributed by atoms with van der Waals surface area (Å²) in [6.45, 7) is 1.28. The number of amides is 1. The molecule has 0 aliphatic carbocycles. The summed E-state index contributed by atoms with van der Waals surface area (Å²) in [7, 11) is 0. The smallest absolute Gasteiger partial charge is 0.247 e. The van der Waals surface area contributed by atoms with Gasteiger partial charge in [0.25, 0.3) is 0 Å². The highest BCUT2D eigenvalue weighted by Gasteiger charge is 2.06. The van der Waals surface area contributed by atoms with E-state index in [1.165, 1.54) is 6.92 Å². The number of rotatable bonds is 3. The molecule has 0 unspecified atom stereocenters. The molecule has 5 heteroatoms. The van der Waals surface area contributed by atoms with Gasteiger partial charge in [-0.3, -0.25) is 10.0 Å². The molecule has 0 spiro atoms. The third-order valence-corrected chi connectivity index (χ3v) is 2.43. The molecule has 96 valence electrons. The third kappa shape index (κ3) is 3.46. The molecule has 2 aromatic rings. The summed E-state index contributed by atoms with van der Waals surface area (Å²) < 4.78 is 0. The van der Waals surface area contributed by atoms with Gasteiger partial charge in [-0.05, 0) is 36.4 Å². The number of carbonyl (C=O) groups excluding carboxylic acids is 1. The molecule has 0 aromatic heterocycles. The number of nitrogens with zero attached hydrogens (tertiary/aromatic N) is 3. The van der Waals surface area contributed by atoms with E-state index < -0.39 is 5.91 Å². The average Bonchev–Trinajstić information content (AvgIpc) is 2.46. The van der Waals surface area contributed by atoms with Crippen LogP contribution in [0.3, 0.4) is 0 Å². The Kier molecular flexibility index (Phi) is 4.00. The van der Waals surface area contributed by atoms with E-state index in [0.717, 1.165) is 5.69 Å². The van der Waals surface area contributed by atoms with E-state index in [9.17, 15) is 10.0 Å². The van der Waals surface area contributed by atoms with Gasteiger partial charge in [-0.15, -0.1) is 0 Å². The van der Waals surface area contributed by atoms with Crippen LogP contribution in [0.5, 0.6) is 0 Å². The quantitative estimate of drug-likeness (QED) is 0.514.